The molecule has 0 unspecified atom stereocenters. The summed E-state index contributed by atoms with van der Waals surface area (Å²) >= 11 is 0. The Morgan fingerprint density at radius 1 is 1.29 bits per heavy atom. The molecule has 1 aliphatic rings. The van der Waals surface area contributed by atoms with Crippen molar-refractivity contribution in [2.75, 3.05) is 13.1 Å². The lowest BCUT2D eigenvalue weighted by Crippen LogP contribution is -2.27. The second-order valence-electron chi connectivity index (χ2n) is 5.50. The Morgan fingerprint density at radius 3 is 2.67 bits per heavy atom. The number of hydrogen-bond donors (Lipinski definition) is 1. The zero-order valence-corrected chi connectivity index (χ0v) is 13.2. The summed E-state index contributed by atoms with van der Waals surface area (Å²) in [5.41, 5.74) is 2.86. The van der Waals surface area contributed by atoms with Crippen molar-refractivity contribution in [2.45, 2.75) is 25.7 Å². The number of aromatic nitrogens is 2. The molecular weight excluding hydrogens is 289 g/mol. The lowest BCUT2D eigenvalue weighted by Gasteiger charge is -2.22. The van der Waals surface area contributed by atoms with E-state index in [9.17, 15) is 4.39 Å². The van der Waals surface area contributed by atoms with Crippen LogP contribution in [-0.2, 0) is 7.05 Å². The number of rotatable bonds is 2. The van der Waals surface area contributed by atoms with Gasteiger partial charge in [-0.25, -0.2) is 9.37 Å². The number of halogens is 2. The van der Waals surface area contributed by atoms with Crippen LogP contribution in [0.3, 0.4) is 0 Å². The quantitative estimate of drug-likeness (QED) is 0.921. The van der Waals surface area contributed by atoms with Gasteiger partial charge in [0, 0.05) is 24.2 Å². The van der Waals surface area contributed by atoms with Crippen LogP contribution >= 0.6 is 12.4 Å². The highest BCUT2D eigenvalue weighted by Crippen LogP contribution is 2.30. The van der Waals surface area contributed by atoms with Gasteiger partial charge in [0.2, 0.25) is 0 Å². The van der Waals surface area contributed by atoms with E-state index in [1.165, 1.54) is 6.07 Å². The molecule has 3 rings (SSSR count). The molecule has 0 aliphatic carbocycles. The highest BCUT2D eigenvalue weighted by Gasteiger charge is 2.22. The summed E-state index contributed by atoms with van der Waals surface area (Å²) in [5.74, 6) is 1.42. The fourth-order valence-electron chi connectivity index (χ4n) is 2.96. The molecule has 1 saturated heterocycles. The van der Waals surface area contributed by atoms with Crippen molar-refractivity contribution >= 4 is 12.4 Å². The van der Waals surface area contributed by atoms with Crippen LogP contribution in [0.1, 0.15) is 30.3 Å². The van der Waals surface area contributed by atoms with Crippen LogP contribution in [0.4, 0.5) is 4.39 Å². The number of piperidine rings is 1. The first-order valence-corrected chi connectivity index (χ1v) is 7.16. The van der Waals surface area contributed by atoms with Gasteiger partial charge in [0.05, 0.1) is 5.69 Å². The van der Waals surface area contributed by atoms with Crippen LogP contribution < -0.4 is 5.32 Å². The fraction of sp³-hybridized carbons (Fsp3) is 0.438. The Bertz CT molecular complexity index is 618. The molecule has 1 N–H and O–H groups in total. The fourth-order valence-corrected chi connectivity index (χ4v) is 2.96. The van der Waals surface area contributed by atoms with Crippen LogP contribution in [0.25, 0.3) is 11.3 Å². The Labute approximate surface area is 131 Å². The maximum absolute atomic E-state index is 13.4. The topological polar surface area (TPSA) is 29.9 Å². The van der Waals surface area contributed by atoms with Crippen LogP contribution in [-0.4, -0.2) is 22.6 Å². The Kier molecular flexibility index (Phi) is 5.01. The van der Waals surface area contributed by atoms with Gasteiger partial charge in [0.1, 0.15) is 11.6 Å². The van der Waals surface area contributed by atoms with Crippen molar-refractivity contribution < 1.29 is 4.39 Å². The first kappa shape index (κ1) is 16.0. The number of nitrogens with zero attached hydrogens (tertiary/aromatic N) is 2. The van der Waals surface area contributed by atoms with Gasteiger partial charge in [0.15, 0.2) is 0 Å². The van der Waals surface area contributed by atoms with E-state index in [0.29, 0.717) is 5.92 Å². The highest BCUT2D eigenvalue weighted by atomic mass is 35.5. The van der Waals surface area contributed by atoms with Gasteiger partial charge in [-0.15, -0.1) is 12.4 Å². The largest absolute Gasteiger partial charge is 0.335 e. The van der Waals surface area contributed by atoms with Crippen molar-refractivity contribution in [3.05, 3.63) is 41.6 Å². The predicted molar refractivity (Wildman–Crippen MR) is 85.4 cm³/mol. The molecule has 1 aliphatic heterocycles. The molecular formula is C16H21ClFN3. The minimum absolute atomic E-state index is 0. The van der Waals surface area contributed by atoms with Gasteiger partial charge in [-0.2, -0.15) is 0 Å². The van der Waals surface area contributed by atoms with Gasteiger partial charge >= 0.3 is 0 Å². The molecule has 5 heteroatoms. The van der Waals surface area contributed by atoms with Crippen LogP contribution in [0.15, 0.2) is 24.3 Å². The Balaban J connectivity index is 0.00000161. The zero-order valence-electron chi connectivity index (χ0n) is 12.4. The van der Waals surface area contributed by atoms with Crippen LogP contribution in [0, 0.1) is 12.7 Å². The van der Waals surface area contributed by atoms with Crippen LogP contribution in [0.2, 0.25) is 0 Å². The van der Waals surface area contributed by atoms with Crippen molar-refractivity contribution in [3.8, 4) is 11.3 Å². The normalized spacial score (nSPS) is 15.8. The minimum atomic E-state index is -0.212. The van der Waals surface area contributed by atoms with Crippen molar-refractivity contribution in [3.63, 3.8) is 0 Å². The molecule has 2 aromatic rings. The maximum atomic E-state index is 13.4. The molecule has 0 amide bonds. The maximum Gasteiger partial charge on any atom is 0.123 e. The summed E-state index contributed by atoms with van der Waals surface area (Å²) < 4.78 is 15.6. The lowest BCUT2D eigenvalue weighted by molar-refractivity contribution is 0.436. The van der Waals surface area contributed by atoms with Crippen molar-refractivity contribution in [1.82, 2.24) is 14.9 Å². The first-order chi connectivity index (χ1) is 9.66. The average Bonchev–Trinajstić information content (AvgIpc) is 2.76. The number of nitrogens with one attached hydrogen (secondary N) is 1. The third-order valence-corrected chi connectivity index (χ3v) is 4.22. The molecule has 1 aromatic heterocycles. The van der Waals surface area contributed by atoms with Crippen molar-refractivity contribution in [2.24, 2.45) is 7.05 Å². The van der Waals surface area contributed by atoms with E-state index in [-0.39, 0.29) is 18.2 Å². The molecule has 21 heavy (non-hydrogen) atoms. The SMILES string of the molecule is Cc1c(-c2cccc(F)c2)nc(C2CCNCC2)n1C.Cl. The standard InChI is InChI=1S/C16H20FN3.ClH/c1-11-15(13-4-3-5-14(17)10-13)19-16(20(11)2)12-6-8-18-9-7-12;/h3-5,10,12,18H,6-9H2,1-2H3;1H. The smallest absolute Gasteiger partial charge is 0.123 e. The summed E-state index contributed by atoms with van der Waals surface area (Å²) in [6.45, 7) is 4.15. The number of benzene rings is 1. The Morgan fingerprint density at radius 2 is 2.00 bits per heavy atom. The molecule has 0 radical (unpaired) electrons. The van der Waals surface area contributed by atoms with E-state index in [1.54, 1.807) is 12.1 Å². The molecule has 0 spiro atoms. The van der Waals surface area contributed by atoms with E-state index in [2.05, 4.69) is 23.9 Å². The second-order valence-corrected chi connectivity index (χ2v) is 5.50. The molecule has 3 nitrogen and oxygen atoms in total. The molecule has 0 saturated carbocycles. The van der Waals surface area contributed by atoms with Gasteiger partial charge in [-0.3, -0.25) is 0 Å². The van der Waals surface area contributed by atoms with E-state index in [0.717, 1.165) is 48.7 Å². The molecule has 114 valence electrons. The third kappa shape index (κ3) is 3.11. The average molecular weight is 310 g/mol. The predicted octanol–water partition coefficient (Wildman–Crippen LogP) is 3.42. The summed E-state index contributed by atoms with van der Waals surface area (Å²) in [4.78, 5) is 4.81. The Hall–Kier alpha value is -1.39. The minimum Gasteiger partial charge on any atom is -0.335 e. The van der Waals surface area contributed by atoms with E-state index >= 15 is 0 Å². The second kappa shape index (κ2) is 6.58. The van der Waals surface area contributed by atoms with E-state index < -0.39 is 0 Å². The number of imidazole rings is 1. The summed E-state index contributed by atoms with van der Waals surface area (Å²) in [6.07, 6.45) is 2.24. The molecule has 0 bridgehead atoms. The summed E-state index contributed by atoms with van der Waals surface area (Å²) in [6, 6.07) is 6.69. The molecule has 0 atom stereocenters. The summed E-state index contributed by atoms with van der Waals surface area (Å²) in [5, 5.41) is 3.38. The van der Waals surface area contributed by atoms with Gasteiger partial charge < -0.3 is 9.88 Å². The van der Waals surface area contributed by atoms with Crippen molar-refractivity contribution in [1.29, 1.82) is 0 Å². The molecule has 2 heterocycles. The first-order valence-electron chi connectivity index (χ1n) is 7.16. The lowest BCUT2D eigenvalue weighted by atomic mass is 9.97. The van der Waals surface area contributed by atoms with E-state index in [1.807, 2.05) is 6.07 Å². The molecule has 1 fully saturated rings. The van der Waals surface area contributed by atoms with Crippen LogP contribution in [0.5, 0.6) is 0 Å². The highest BCUT2D eigenvalue weighted by molar-refractivity contribution is 5.85. The van der Waals surface area contributed by atoms with Gasteiger partial charge in [-0.1, -0.05) is 12.1 Å². The number of hydrogen-bond acceptors (Lipinski definition) is 2. The third-order valence-electron chi connectivity index (χ3n) is 4.22. The molecule has 1 aromatic carbocycles. The summed E-state index contributed by atoms with van der Waals surface area (Å²) in [7, 11) is 2.06. The monoisotopic (exact) mass is 309 g/mol. The van der Waals surface area contributed by atoms with Gasteiger partial charge in [0.25, 0.3) is 0 Å². The zero-order chi connectivity index (χ0) is 14.1. The van der Waals surface area contributed by atoms with E-state index in [4.69, 9.17) is 4.98 Å². The van der Waals surface area contributed by atoms with Gasteiger partial charge in [-0.05, 0) is 45.0 Å².